The number of imidazole rings is 1. The molecule has 1 saturated heterocycles. The van der Waals surface area contributed by atoms with Gasteiger partial charge in [0.15, 0.2) is 5.82 Å². The van der Waals surface area contributed by atoms with Crippen LogP contribution in [0.1, 0.15) is 22.6 Å². The normalized spacial score (nSPS) is 16.9. The molecule has 3 aromatic rings. The van der Waals surface area contributed by atoms with Gasteiger partial charge in [-0.05, 0) is 37.2 Å². The Morgan fingerprint density at radius 2 is 2.04 bits per heavy atom. The van der Waals surface area contributed by atoms with Crippen molar-refractivity contribution >= 4 is 22.6 Å². The summed E-state index contributed by atoms with van der Waals surface area (Å²) in [5.41, 5.74) is 5.01. The Kier molecular flexibility index (Phi) is 3.94. The number of hydrogen-bond acceptors (Lipinski definition) is 5. The fourth-order valence-electron chi connectivity index (χ4n) is 4.18. The second-order valence-electron chi connectivity index (χ2n) is 7.89. The van der Waals surface area contributed by atoms with Crippen molar-refractivity contribution in [1.29, 1.82) is 0 Å². The number of likely N-dealkylation sites (tertiary alicyclic amines) is 1. The van der Waals surface area contributed by atoms with Gasteiger partial charge in [0, 0.05) is 50.8 Å². The SMILES string of the molecule is Cc1nc2c(F)cc(C3=CCc4nc(NCC5CN(C)C5)ncc43)cc2n1C. The maximum Gasteiger partial charge on any atom is 0.222 e. The smallest absolute Gasteiger partial charge is 0.222 e. The number of benzene rings is 1. The average Bonchev–Trinajstić information content (AvgIpc) is 3.20. The molecule has 1 aliphatic carbocycles. The highest BCUT2D eigenvalue weighted by molar-refractivity contribution is 5.89. The number of rotatable bonds is 4. The zero-order valence-electron chi connectivity index (χ0n) is 16.3. The van der Waals surface area contributed by atoms with Gasteiger partial charge in [-0.15, -0.1) is 0 Å². The molecule has 0 spiro atoms. The summed E-state index contributed by atoms with van der Waals surface area (Å²) in [6, 6.07) is 3.56. The van der Waals surface area contributed by atoms with E-state index >= 15 is 0 Å². The van der Waals surface area contributed by atoms with Crippen LogP contribution in [0.25, 0.3) is 16.6 Å². The number of hydrogen-bond donors (Lipinski definition) is 1. The van der Waals surface area contributed by atoms with E-state index in [0.717, 1.165) is 59.8 Å². The van der Waals surface area contributed by atoms with Crippen LogP contribution in [-0.2, 0) is 13.5 Å². The standard InChI is InChI=1S/C21H23FN6/c1-12-25-20-17(22)6-14(7-19(20)28(12)3)15-4-5-18-16(15)9-24-21(26-18)23-8-13-10-27(2)11-13/h4,6-7,9,13H,5,8,10-11H2,1-3H3,(H,23,24,26). The van der Waals surface area contributed by atoms with E-state index in [1.165, 1.54) is 0 Å². The number of halogens is 1. The number of aromatic nitrogens is 4. The van der Waals surface area contributed by atoms with Crippen LogP contribution in [0.3, 0.4) is 0 Å². The van der Waals surface area contributed by atoms with Gasteiger partial charge in [0.25, 0.3) is 0 Å². The zero-order valence-corrected chi connectivity index (χ0v) is 16.3. The summed E-state index contributed by atoms with van der Waals surface area (Å²) >= 11 is 0. The van der Waals surface area contributed by atoms with Gasteiger partial charge in [-0.2, -0.15) is 0 Å². The fraction of sp³-hybridized carbons (Fsp3) is 0.381. The Balaban J connectivity index is 1.42. The van der Waals surface area contributed by atoms with Crippen molar-refractivity contribution in [3.8, 4) is 0 Å². The van der Waals surface area contributed by atoms with Gasteiger partial charge in [-0.3, -0.25) is 0 Å². The maximum atomic E-state index is 14.6. The summed E-state index contributed by atoms with van der Waals surface area (Å²) < 4.78 is 16.5. The minimum Gasteiger partial charge on any atom is -0.354 e. The van der Waals surface area contributed by atoms with Crippen molar-refractivity contribution in [3.63, 3.8) is 0 Å². The molecule has 0 atom stereocenters. The second kappa shape index (κ2) is 6.38. The Labute approximate surface area is 163 Å². The van der Waals surface area contributed by atoms with Crippen LogP contribution in [-0.4, -0.2) is 51.1 Å². The van der Waals surface area contributed by atoms with Crippen LogP contribution in [0.2, 0.25) is 0 Å². The number of nitrogens with one attached hydrogen (secondary N) is 1. The Morgan fingerprint density at radius 3 is 2.82 bits per heavy atom. The second-order valence-corrected chi connectivity index (χ2v) is 7.89. The van der Waals surface area contributed by atoms with Crippen LogP contribution in [0.15, 0.2) is 24.4 Å². The van der Waals surface area contributed by atoms with E-state index in [0.29, 0.717) is 17.4 Å². The molecule has 0 amide bonds. The van der Waals surface area contributed by atoms with Gasteiger partial charge in [-0.25, -0.2) is 19.3 Å². The average molecular weight is 378 g/mol. The van der Waals surface area contributed by atoms with Crippen molar-refractivity contribution in [1.82, 2.24) is 24.4 Å². The topological polar surface area (TPSA) is 58.9 Å². The monoisotopic (exact) mass is 378 g/mol. The molecule has 2 aromatic heterocycles. The van der Waals surface area contributed by atoms with E-state index in [2.05, 4.69) is 38.3 Å². The fourth-order valence-corrected chi connectivity index (χ4v) is 4.18. The van der Waals surface area contributed by atoms with Gasteiger partial charge >= 0.3 is 0 Å². The van der Waals surface area contributed by atoms with Gasteiger partial charge in [0.05, 0.1) is 11.2 Å². The van der Waals surface area contributed by atoms with Crippen molar-refractivity contribution in [2.75, 3.05) is 32.0 Å². The molecule has 6 nitrogen and oxygen atoms in total. The molecule has 1 fully saturated rings. The third-order valence-corrected chi connectivity index (χ3v) is 5.82. The molecule has 1 aromatic carbocycles. The van der Waals surface area contributed by atoms with E-state index < -0.39 is 0 Å². The molecule has 0 unspecified atom stereocenters. The lowest BCUT2D eigenvalue weighted by Crippen LogP contribution is -2.46. The lowest BCUT2D eigenvalue weighted by atomic mass is 10.0. The molecule has 7 heteroatoms. The molecule has 5 rings (SSSR count). The first-order chi connectivity index (χ1) is 13.5. The predicted octanol–water partition coefficient (Wildman–Crippen LogP) is 2.77. The predicted molar refractivity (Wildman–Crippen MR) is 108 cm³/mol. The summed E-state index contributed by atoms with van der Waals surface area (Å²) in [6.07, 6.45) is 4.69. The Bertz CT molecular complexity index is 1110. The third kappa shape index (κ3) is 2.77. The van der Waals surface area contributed by atoms with E-state index in [4.69, 9.17) is 0 Å². The largest absolute Gasteiger partial charge is 0.354 e. The molecule has 144 valence electrons. The van der Waals surface area contributed by atoms with Crippen LogP contribution >= 0.6 is 0 Å². The summed E-state index contributed by atoms with van der Waals surface area (Å²) in [5.74, 6) is 1.83. The first-order valence-corrected chi connectivity index (χ1v) is 9.61. The molecular weight excluding hydrogens is 355 g/mol. The molecule has 1 N–H and O–H groups in total. The molecule has 0 bridgehead atoms. The van der Waals surface area contributed by atoms with Crippen LogP contribution < -0.4 is 5.32 Å². The van der Waals surface area contributed by atoms with Crippen LogP contribution in [0, 0.1) is 18.7 Å². The molecule has 3 heterocycles. The summed E-state index contributed by atoms with van der Waals surface area (Å²) in [7, 11) is 4.04. The number of nitrogens with zero attached hydrogens (tertiary/aromatic N) is 5. The van der Waals surface area contributed by atoms with Crippen molar-refractivity contribution in [2.45, 2.75) is 13.3 Å². The zero-order chi connectivity index (χ0) is 19.4. The first-order valence-electron chi connectivity index (χ1n) is 9.61. The highest BCUT2D eigenvalue weighted by atomic mass is 19.1. The van der Waals surface area contributed by atoms with E-state index in [1.807, 2.05) is 30.8 Å². The van der Waals surface area contributed by atoms with Crippen LogP contribution in [0.4, 0.5) is 10.3 Å². The van der Waals surface area contributed by atoms with Gasteiger partial charge in [0.1, 0.15) is 11.3 Å². The third-order valence-electron chi connectivity index (χ3n) is 5.82. The first kappa shape index (κ1) is 17.3. The number of allylic oxidation sites excluding steroid dienone is 1. The summed E-state index contributed by atoms with van der Waals surface area (Å²) in [6.45, 7) is 5.01. The van der Waals surface area contributed by atoms with Gasteiger partial charge in [-0.1, -0.05) is 6.08 Å². The molecular formula is C21H23FN6. The molecule has 0 saturated carbocycles. The Hall–Kier alpha value is -2.80. The quantitative estimate of drug-likeness (QED) is 0.757. The van der Waals surface area contributed by atoms with Gasteiger partial charge < -0.3 is 14.8 Å². The highest BCUT2D eigenvalue weighted by Gasteiger charge is 2.24. The maximum absolute atomic E-state index is 14.6. The molecule has 0 radical (unpaired) electrons. The van der Waals surface area contributed by atoms with Gasteiger partial charge in [0.2, 0.25) is 5.95 Å². The lowest BCUT2D eigenvalue weighted by molar-refractivity contribution is 0.144. The summed E-state index contributed by atoms with van der Waals surface area (Å²) in [5, 5.41) is 3.35. The number of aryl methyl sites for hydroxylation is 2. The van der Waals surface area contributed by atoms with Crippen molar-refractivity contribution < 1.29 is 4.39 Å². The highest BCUT2D eigenvalue weighted by Crippen LogP contribution is 2.34. The summed E-state index contributed by atoms with van der Waals surface area (Å²) in [4.78, 5) is 15.8. The van der Waals surface area contributed by atoms with Crippen LogP contribution in [0.5, 0.6) is 0 Å². The number of anilines is 1. The minimum absolute atomic E-state index is 0.296. The Morgan fingerprint density at radius 1 is 1.21 bits per heavy atom. The molecule has 2 aliphatic rings. The van der Waals surface area contributed by atoms with Crippen molar-refractivity contribution in [3.05, 3.63) is 52.9 Å². The number of fused-ring (bicyclic) bond motifs is 2. The van der Waals surface area contributed by atoms with E-state index in [1.54, 1.807) is 6.07 Å². The van der Waals surface area contributed by atoms with Crippen molar-refractivity contribution in [2.24, 2.45) is 13.0 Å². The lowest BCUT2D eigenvalue weighted by Gasteiger charge is -2.36. The molecule has 1 aliphatic heterocycles. The van der Waals surface area contributed by atoms with E-state index in [-0.39, 0.29) is 5.82 Å². The van der Waals surface area contributed by atoms with E-state index in [9.17, 15) is 4.39 Å². The molecule has 28 heavy (non-hydrogen) atoms. The minimum atomic E-state index is -0.296.